The number of hydrogen-bond donors (Lipinski definition) is 1. The van der Waals surface area contributed by atoms with Crippen LogP contribution in [-0.2, 0) is 19.6 Å². The smallest absolute Gasteiger partial charge is 0.338 e. The summed E-state index contributed by atoms with van der Waals surface area (Å²) in [4.78, 5) is 40.3. The van der Waals surface area contributed by atoms with E-state index >= 15 is 0 Å². The number of rotatable bonds is 5. The molecular formula is C18H22N4O6S. The van der Waals surface area contributed by atoms with Crippen LogP contribution >= 0.6 is 0 Å². The minimum atomic E-state index is -3.28. The van der Waals surface area contributed by atoms with Crippen LogP contribution in [-0.4, -0.2) is 78.1 Å². The second kappa shape index (κ2) is 8.21. The highest BCUT2D eigenvalue weighted by Gasteiger charge is 2.26. The van der Waals surface area contributed by atoms with E-state index in [9.17, 15) is 22.8 Å². The fraction of sp³-hybridized carbons (Fsp3) is 0.389. The molecule has 1 aromatic heterocycles. The predicted octanol–water partition coefficient (Wildman–Crippen LogP) is -0.265. The van der Waals surface area contributed by atoms with Crippen LogP contribution in [0.1, 0.15) is 16.1 Å². The molecule has 10 nitrogen and oxygen atoms in total. The Morgan fingerprint density at radius 2 is 1.72 bits per heavy atom. The lowest BCUT2D eigenvalue weighted by molar-refractivity contribution is -0.135. The molecule has 11 heteroatoms. The number of aryl methyl sites for hydroxylation is 1. The molecule has 1 aliphatic heterocycles. The molecule has 29 heavy (non-hydrogen) atoms. The van der Waals surface area contributed by atoms with Gasteiger partial charge in [-0.15, -0.1) is 0 Å². The van der Waals surface area contributed by atoms with E-state index < -0.39 is 22.6 Å². The molecule has 0 saturated carbocycles. The summed E-state index contributed by atoms with van der Waals surface area (Å²) in [6.45, 7) is 2.30. The van der Waals surface area contributed by atoms with Crippen LogP contribution in [0.4, 0.5) is 0 Å². The number of sulfonamides is 1. The van der Waals surface area contributed by atoms with Gasteiger partial charge in [-0.1, -0.05) is 0 Å². The van der Waals surface area contributed by atoms with E-state index in [0.29, 0.717) is 5.69 Å². The molecule has 1 fully saturated rings. The highest BCUT2D eigenvalue weighted by Crippen LogP contribution is 2.11. The minimum Gasteiger partial charge on any atom is -0.452 e. The number of nitrogens with one attached hydrogen (secondary N) is 1. The average Bonchev–Trinajstić information content (AvgIpc) is 3.03. The van der Waals surface area contributed by atoms with Crippen molar-refractivity contribution in [1.82, 2.24) is 18.8 Å². The van der Waals surface area contributed by atoms with E-state index in [4.69, 9.17) is 4.74 Å². The number of ether oxygens (including phenoxy) is 1. The Morgan fingerprint density at radius 1 is 1.10 bits per heavy atom. The van der Waals surface area contributed by atoms with Gasteiger partial charge in [0.1, 0.15) is 0 Å². The molecule has 156 valence electrons. The van der Waals surface area contributed by atoms with Crippen molar-refractivity contribution in [2.45, 2.75) is 6.92 Å². The summed E-state index contributed by atoms with van der Waals surface area (Å²) in [5.74, 6) is -1.03. The monoisotopic (exact) mass is 422 g/mol. The van der Waals surface area contributed by atoms with Crippen molar-refractivity contribution in [2.24, 2.45) is 0 Å². The summed E-state index contributed by atoms with van der Waals surface area (Å²) >= 11 is 0. The van der Waals surface area contributed by atoms with E-state index in [0.717, 1.165) is 11.9 Å². The standard InChI is InChI=1S/C18H22N4O6S/c1-13-11-19-18(25)22(13)15-5-3-14(4-6-15)17(24)28-12-16(23)20-7-9-21(10-8-20)29(2,26)27/h3-6,11H,7-10,12H2,1-2H3,(H,19,25). The SMILES string of the molecule is Cc1c[nH]c(=O)n1-c1ccc(C(=O)OCC(=O)N2CCN(S(C)(=O)=O)CC2)cc1. The second-order valence-corrected chi connectivity index (χ2v) is 8.72. The van der Waals surface area contributed by atoms with Crippen molar-refractivity contribution in [3.63, 3.8) is 0 Å². The number of piperazine rings is 1. The maximum absolute atomic E-state index is 12.2. The van der Waals surface area contributed by atoms with E-state index in [1.807, 2.05) is 0 Å². The van der Waals surface area contributed by atoms with Crippen LogP contribution in [0.2, 0.25) is 0 Å². The van der Waals surface area contributed by atoms with Gasteiger partial charge in [0.2, 0.25) is 10.0 Å². The number of esters is 1. The lowest BCUT2D eigenvalue weighted by Gasteiger charge is -2.33. The molecule has 1 aliphatic rings. The van der Waals surface area contributed by atoms with Gasteiger partial charge in [-0.2, -0.15) is 4.31 Å². The van der Waals surface area contributed by atoms with Crippen LogP contribution in [0.15, 0.2) is 35.3 Å². The Hall–Kier alpha value is -2.92. The van der Waals surface area contributed by atoms with Crippen LogP contribution in [0.3, 0.4) is 0 Å². The Kier molecular flexibility index (Phi) is 5.89. The maximum atomic E-state index is 12.2. The van der Waals surface area contributed by atoms with E-state index in [1.165, 1.54) is 25.9 Å². The Morgan fingerprint density at radius 3 is 2.24 bits per heavy atom. The summed E-state index contributed by atoms with van der Waals surface area (Å²) in [5.41, 5.74) is 1.31. The first-order valence-electron chi connectivity index (χ1n) is 8.94. The molecule has 1 aromatic carbocycles. The number of carbonyl (C=O) groups is 2. The normalized spacial score (nSPS) is 15.3. The number of carbonyl (C=O) groups excluding carboxylic acids is 2. The van der Waals surface area contributed by atoms with Gasteiger partial charge >= 0.3 is 11.7 Å². The minimum absolute atomic E-state index is 0.220. The molecule has 0 aliphatic carbocycles. The molecular weight excluding hydrogens is 400 g/mol. The zero-order chi connectivity index (χ0) is 21.2. The fourth-order valence-corrected chi connectivity index (χ4v) is 3.92. The van der Waals surface area contributed by atoms with Crippen molar-refractivity contribution in [2.75, 3.05) is 39.0 Å². The van der Waals surface area contributed by atoms with Gasteiger partial charge in [0.05, 0.1) is 17.5 Å². The van der Waals surface area contributed by atoms with Gasteiger partial charge in [-0.25, -0.2) is 18.0 Å². The van der Waals surface area contributed by atoms with Crippen molar-refractivity contribution >= 4 is 21.9 Å². The summed E-state index contributed by atoms with van der Waals surface area (Å²) in [7, 11) is -3.28. The number of H-pyrrole nitrogens is 1. The van der Waals surface area contributed by atoms with Gasteiger partial charge in [0.15, 0.2) is 6.61 Å². The highest BCUT2D eigenvalue weighted by atomic mass is 32.2. The molecule has 1 saturated heterocycles. The van der Waals surface area contributed by atoms with Gasteiger partial charge in [0.25, 0.3) is 5.91 Å². The number of amides is 1. The average molecular weight is 422 g/mol. The van der Waals surface area contributed by atoms with Crippen LogP contribution in [0, 0.1) is 6.92 Å². The lowest BCUT2D eigenvalue weighted by atomic mass is 10.2. The zero-order valence-corrected chi connectivity index (χ0v) is 16.9. The maximum Gasteiger partial charge on any atom is 0.338 e. The first kappa shape index (κ1) is 20.8. The Balaban J connectivity index is 1.54. The molecule has 3 rings (SSSR count). The van der Waals surface area contributed by atoms with E-state index in [-0.39, 0.29) is 43.3 Å². The molecule has 0 bridgehead atoms. The molecule has 1 amide bonds. The van der Waals surface area contributed by atoms with Crippen LogP contribution in [0.25, 0.3) is 5.69 Å². The van der Waals surface area contributed by atoms with Crippen molar-refractivity contribution in [1.29, 1.82) is 0 Å². The quantitative estimate of drug-likeness (QED) is 0.663. The number of aromatic amines is 1. The molecule has 2 aromatic rings. The van der Waals surface area contributed by atoms with Gasteiger partial charge in [0, 0.05) is 38.1 Å². The summed E-state index contributed by atoms with van der Waals surface area (Å²) in [6, 6.07) is 6.27. The topological polar surface area (TPSA) is 122 Å². The van der Waals surface area contributed by atoms with Crippen LogP contribution < -0.4 is 5.69 Å². The molecule has 1 N–H and O–H groups in total. The Labute approximate surface area is 167 Å². The molecule has 0 spiro atoms. The van der Waals surface area contributed by atoms with Gasteiger partial charge < -0.3 is 14.6 Å². The summed E-state index contributed by atoms with van der Waals surface area (Å²) < 4.78 is 30.9. The second-order valence-electron chi connectivity index (χ2n) is 6.74. The number of hydrogen-bond acceptors (Lipinski definition) is 6. The third-order valence-electron chi connectivity index (χ3n) is 4.71. The van der Waals surface area contributed by atoms with Crippen LogP contribution in [0.5, 0.6) is 0 Å². The van der Waals surface area contributed by atoms with E-state index in [2.05, 4.69) is 4.98 Å². The van der Waals surface area contributed by atoms with Crippen molar-refractivity contribution in [3.8, 4) is 5.69 Å². The first-order valence-corrected chi connectivity index (χ1v) is 10.8. The Bertz CT molecular complexity index is 1060. The number of nitrogens with zero attached hydrogens (tertiary/aromatic N) is 3. The number of benzene rings is 1. The van der Waals surface area contributed by atoms with Gasteiger partial charge in [-0.05, 0) is 31.2 Å². The number of aromatic nitrogens is 2. The third kappa shape index (κ3) is 4.74. The molecule has 2 heterocycles. The first-order chi connectivity index (χ1) is 13.7. The lowest BCUT2D eigenvalue weighted by Crippen LogP contribution is -2.51. The largest absolute Gasteiger partial charge is 0.452 e. The summed E-state index contributed by atoms with van der Waals surface area (Å²) in [6.07, 6.45) is 2.72. The highest BCUT2D eigenvalue weighted by molar-refractivity contribution is 7.88. The van der Waals surface area contributed by atoms with Crippen molar-refractivity contribution < 1.29 is 22.7 Å². The number of imidazole rings is 1. The third-order valence-corrected chi connectivity index (χ3v) is 6.01. The van der Waals surface area contributed by atoms with E-state index in [1.54, 1.807) is 25.3 Å². The van der Waals surface area contributed by atoms with Crippen molar-refractivity contribution in [3.05, 3.63) is 52.2 Å². The molecule has 0 unspecified atom stereocenters. The fourth-order valence-electron chi connectivity index (χ4n) is 3.09. The van der Waals surface area contributed by atoms with Gasteiger partial charge in [-0.3, -0.25) is 9.36 Å². The zero-order valence-electron chi connectivity index (χ0n) is 16.1. The summed E-state index contributed by atoms with van der Waals surface area (Å²) in [5, 5.41) is 0. The molecule has 0 radical (unpaired) electrons. The predicted molar refractivity (Wildman–Crippen MR) is 104 cm³/mol. The molecule has 0 atom stereocenters.